The predicted octanol–water partition coefficient (Wildman–Crippen LogP) is 3.26. The van der Waals surface area contributed by atoms with E-state index in [4.69, 9.17) is 10.3 Å². The first-order valence-electron chi connectivity index (χ1n) is 6.11. The quantitative estimate of drug-likeness (QED) is 0.764. The average molecular weight is 369 g/mol. The molecule has 0 spiro atoms. The molecular weight excluding hydrogens is 359 g/mol. The molecule has 0 atom stereocenters. The topological polar surface area (TPSA) is 77.8 Å². The van der Waals surface area contributed by atoms with Gasteiger partial charge in [0.1, 0.15) is 11.5 Å². The van der Waals surface area contributed by atoms with E-state index in [1.54, 1.807) is 6.07 Å². The van der Waals surface area contributed by atoms with Crippen molar-refractivity contribution in [2.45, 2.75) is 6.42 Å². The zero-order valence-electron chi connectivity index (χ0n) is 10.7. The summed E-state index contributed by atoms with van der Waals surface area (Å²) in [7, 11) is 0. The summed E-state index contributed by atoms with van der Waals surface area (Å²) in [5.41, 5.74) is 6.63. The summed E-state index contributed by atoms with van der Waals surface area (Å²) >= 11 is 4.83. The smallest absolute Gasteiger partial charge is 0.277 e. The van der Waals surface area contributed by atoms with Crippen LogP contribution in [0.2, 0.25) is 0 Å². The van der Waals surface area contributed by atoms with Crippen molar-refractivity contribution in [3.05, 3.63) is 38.9 Å². The monoisotopic (exact) mass is 368 g/mol. The predicted molar refractivity (Wildman–Crippen MR) is 81.3 cm³/mol. The molecule has 0 aliphatic carbocycles. The van der Waals surface area contributed by atoms with Crippen LogP contribution in [-0.2, 0) is 6.42 Å². The first kappa shape index (κ1) is 14.3. The minimum Gasteiger partial charge on any atom is -0.332 e. The number of halogens is 2. The number of nitrogens with two attached hydrogens (primary N) is 1. The van der Waals surface area contributed by atoms with Gasteiger partial charge in [0.2, 0.25) is 5.82 Å². The molecular formula is C13H10BrFN4OS. The van der Waals surface area contributed by atoms with Gasteiger partial charge in [-0.2, -0.15) is 4.98 Å². The van der Waals surface area contributed by atoms with Crippen molar-refractivity contribution in [1.82, 2.24) is 15.1 Å². The zero-order chi connectivity index (χ0) is 14.8. The van der Waals surface area contributed by atoms with Crippen LogP contribution in [0.5, 0.6) is 0 Å². The van der Waals surface area contributed by atoms with Crippen molar-refractivity contribution >= 4 is 27.3 Å². The standard InChI is InChI=1S/C13H10BrFN4OS/c14-9-2-1-7(15)5-8(9)12-18-13(20-19-12)10-6-21-11(17-10)3-4-16/h1-2,5-6H,3-4,16H2. The summed E-state index contributed by atoms with van der Waals surface area (Å²) in [5.74, 6) is 0.254. The molecule has 0 fully saturated rings. The van der Waals surface area contributed by atoms with Gasteiger partial charge in [0.05, 0.1) is 5.01 Å². The molecule has 0 radical (unpaired) electrons. The number of aromatic nitrogens is 3. The number of rotatable bonds is 4. The minimum absolute atomic E-state index is 0.306. The lowest BCUT2D eigenvalue weighted by molar-refractivity contribution is 0.431. The van der Waals surface area contributed by atoms with Crippen LogP contribution in [0.1, 0.15) is 5.01 Å². The van der Waals surface area contributed by atoms with Gasteiger partial charge >= 0.3 is 0 Å². The Hall–Kier alpha value is -1.64. The molecule has 108 valence electrons. The molecule has 0 saturated carbocycles. The molecule has 0 bridgehead atoms. The van der Waals surface area contributed by atoms with Crippen LogP contribution in [0.4, 0.5) is 4.39 Å². The Balaban J connectivity index is 1.93. The van der Waals surface area contributed by atoms with Gasteiger partial charge in [-0.1, -0.05) is 21.1 Å². The third-order valence-corrected chi connectivity index (χ3v) is 4.32. The van der Waals surface area contributed by atoms with Crippen molar-refractivity contribution in [2.75, 3.05) is 6.54 Å². The maximum Gasteiger partial charge on any atom is 0.277 e. The van der Waals surface area contributed by atoms with Gasteiger partial charge in [-0.3, -0.25) is 0 Å². The van der Waals surface area contributed by atoms with E-state index in [1.165, 1.54) is 23.5 Å². The molecule has 0 unspecified atom stereocenters. The van der Waals surface area contributed by atoms with Crippen molar-refractivity contribution in [1.29, 1.82) is 0 Å². The SMILES string of the molecule is NCCc1nc(-c2nc(-c3cc(F)ccc3Br)no2)cs1. The lowest BCUT2D eigenvalue weighted by Crippen LogP contribution is -2.01. The number of nitrogens with zero attached hydrogens (tertiary/aromatic N) is 3. The van der Waals surface area contributed by atoms with E-state index in [2.05, 4.69) is 31.1 Å². The highest BCUT2D eigenvalue weighted by Crippen LogP contribution is 2.29. The summed E-state index contributed by atoms with van der Waals surface area (Å²) in [6, 6.07) is 4.30. The Morgan fingerprint density at radius 3 is 3.00 bits per heavy atom. The molecule has 5 nitrogen and oxygen atoms in total. The first-order valence-corrected chi connectivity index (χ1v) is 7.78. The summed E-state index contributed by atoms with van der Waals surface area (Å²) in [4.78, 5) is 8.64. The van der Waals surface area contributed by atoms with Crippen molar-refractivity contribution < 1.29 is 8.91 Å². The van der Waals surface area contributed by atoms with Gasteiger partial charge in [0.25, 0.3) is 5.89 Å². The first-order chi connectivity index (χ1) is 10.2. The van der Waals surface area contributed by atoms with E-state index in [1.807, 2.05) is 5.38 Å². The van der Waals surface area contributed by atoms with Gasteiger partial charge in [0, 0.05) is 21.8 Å². The molecule has 0 amide bonds. The number of thiazole rings is 1. The van der Waals surface area contributed by atoms with Crippen LogP contribution >= 0.6 is 27.3 Å². The van der Waals surface area contributed by atoms with Gasteiger partial charge in [-0.15, -0.1) is 11.3 Å². The van der Waals surface area contributed by atoms with Crippen molar-refractivity contribution in [3.8, 4) is 23.0 Å². The maximum atomic E-state index is 13.3. The average Bonchev–Trinajstić information content (AvgIpc) is 3.10. The van der Waals surface area contributed by atoms with Gasteiger partial charge < -0.3 is 10.3 Å². The molecule has 3 aromatic rings. The highest BCUT2D eigenvalue weighted by molar-refractivity contribution is 9.10. The van der Waals surface area contributed by atoms with Crippen LogP contribution in [0.25, 0.3) is 23.0 Å². The fourth-order valence-electron chi connectivity index (χ4n) is 1.75. The lowest BCUT2D eigenvalue weighted by Gasteiger charge is -1.98. The summed E-state index contributed by atoms with van der Waals surface area (Å²) in [5, 5.41) is 6.63. The van der Waals surface area contributed by atoms with Crippen LogP contribution < -0.4 is 5.73 Å². The van der Waals surface area contributed by atoms with E-state index in [9.17, 15) is 4.39 Å². The zero-order valence-corrected chi connectivity index (χ0v) is 13.1. The van der Waals surface area contributed by atoms with Crippen LogP contribution in [-0.4, -0.2) is 21.7 Å². The summed E-state index contributed by atoms with van der Waals surface area (Å²) < 4.78 is 19.2. The second-order valence-corrected chi connectivity index (χ2v) is 6.01. The largest absolute Gasteiger partial charge is 0.332 e. The normalized spacial score (nSPS) is 11.0. The van der Waals surface area contributed by atoms with Crippen molar-refractivity contribution in [3.63, 3.8) is 0 Å². The molecule has 21 heavy (non-hydrogen) atoms. The minimum atomic E-state index is -0.363. The second-order valence-electron chi connectivity index (χ2n) is 4.21. The number of benzene rings is 1. The molecule has 3 rings (SSSR count). The second kappa shape index (κ2) is 6.00. The Kier molecular flexibility index (Phi) is 4.09. The fraction of sp³-hybridized carbons (Fsp3) is 0.154. The molecule has 2 aromatic heterocycles. The molecule has 0 aliphatic heterocycles. The highest BCUT2D eigenvalue weighted by Gasteiger charge is 2.16. The molecule has 0 aliphatic rings. The third kappa shape index (κ3) is 3.02. The maximum absolute atomic E-state index is 13.3. The van der Waals surface area contributed by atoms with E-state index in [-0.39, 0.29) is 5.82 Å². The Bertz CT molecular complexity index is 773. The van der Waals surface area contributed by atoms with Crippen LogP contribution in [0.15, 0.2) is 32.6 Å². The van der Waals surface area contributed by atoms with Crippen LogP contribution in [0, 0.1) is 5.82 Å². The molecule has 1 aromatic carbocycles. The molecule has 0 saturated heterocycles. The van der Waals surface area contributed by atoms with E-state index >= 15 is 0 Å². The highest BCUT2D eigenvalue weighted by atomic mass is 79.9. The summed E-state index contributed by atoms with van der Waals surface area (Å²) in [6.45, 7) is 0.540. The van der Waals surface area contributed by atoms with E-state index in [0.717, 1.165) is 5.01 Å². The van der Waals surface area contributed by atoms with Gasteiger partial charge in [-0.05, 0) is 24.7 Å². The molecule has 8 heteroatoms. The number of hydrogen-bond donors (Lipinski definition) is 1. The summed E-state index contributed by atoms with van der Waals surface area (Å²) in [6.07, 6.45) is 0.709. The fourth-order valence-corrected chi connectivity index (χ4v) is 2.97. The third-order valence-electron chi connectivity index (χ3n) is 2.72. The Morgan fingerprint density at radius 1 is 1.33 bits per heavy atom. The van der Waals surface area contributed by atoms with Gasteiger partial charge in [0.15, 0.2) is 0 Å². The molecule has 2 heterocycles. The van der Waals surface area contributed by atoms with Crippen molar-refractivity contribution in [2.24, 2.45) is 5.73 Å². The van der Waals surface area contributed by atoms with E-state index in [0.29, 0.717) is 40.4 Å². The van der Waals surface area contributed by atoms with Gasteiger partial charge in [-0.25, -0.2) is 9.37 Å². The number of hydrogen-bond acceptors (Lipinski definition) is 6. The van der Waals surface area contributed by atoms with Crippen LogP contribution in [0.3, 0.4) is 0 Å². The van der Waals surface area contributed by atoms with E-state index < -0.39 is 0 Å². The Morgan fingerprint density at radius 2 is 2.19 bits per heavy atom. The Labute approximate surface area is 132 Å². The molecule has 2 N–H and O–H groups in total. The lowest BCUT2D eigenvalue weighted by atomic mass is 10.2.